The van der Waals surface area contributed by atoms with Crippen molar-refractivity contribution in [3.8, 4) is 11.5 Å². The van der Waals surface area contributed by atoms with E-state index in [-0.39, 0.29) is 0 Å². The fourth-order valence-electron chi connectivity index (χ4n) is 3.89. The maximum absolute atomic E-state index is 6.17. The average Bonchev–Trinajstić information content (AvgIpc) is 2.92. The van der Waals surface area contributed by atoms with E-state index in [9.17, 15) is 0 Å². The molecule has 0 bridgehead atoms. The quantitative estimate of drug-likeness (QED) is 0.145. The number of halogens is 2. The molecule has 0 heterocycles. The minimum atomic E-state index is 0.533. The molecule has 2 atom stereocenters. The molecule has 3 rings (SSSR count). The van der Waals surface area contributed by atoms with Crippen LogP contribution in [-0.4, -0.2) is 13.1 Å². The monoisotopic (exact) mass is 740 g/mol. The summed E-state index contributed by atoms with van der Waals surface area (Å²) in [6.45, 7) is 14.0. The second kappa shape index (κ2) is 16.7. The number of ether oxygens (including phenoxy) is 2. The topological polar surface area (TPSA) is 42.5 Å². The van der Waals surface area contributed by atoms with Crippen molar-refractivity contribution in [1.29, 1.82) is 0 Å². The smallest absolute Gasteiger partial charge is 0.133 e. The van der Waals surface area contributed by atoms with E-state index in [1.165, 1.54) is 24.0 Å². The van der Waals surface area contributed by atoms with Crippen LogP contribution in [0.2, 0.25) is 0 Å². The van der Waals surface area contributed by atoms with Crippen LogP contribution in [0.1, 0.15) is 62.8 Å². The Bertz CT molecular complexity index is 1050. The molecule has 0 saturated heterocycles. The highest BCUT2D eigenvalue weighted by atomic mass is 127. The van der Waals surface area contributed by atoms with Crippen molar-refractivity contribution < 1.29 is 9.47 Å². The number of hydrogen-bond acceptors (Lipinski definition) is 4. The summed E-state index contributed by atoms with van der Waals surface area (Å²) in [6, 6.07) is 21.3. The molecule has 0 radical (unpaired) electrons. The van der Waals surface area contributed by atoms with Crippen LogP contribution in [0.3, 0.4) is 0 Å². The molecule has 0 fully saturated rings. The standard InChI is InChI=1S/C32H42I2N2O2/c1-5-23(3)17-35-19-25-10-12-31(29(33)15-25)37-21-27-8-7-9-28(14-27)22-38-32-13-11-26(16-30(32)34)20-36-18-24(4)6-2/h7-16,23-24,35-36H,5-6,17-22H2,1-4H3/t23-,24-/m0/s1. The predicted octanol–water partition coefficient (Wildman–Crippen LogP) is 8.33. The number of benzene rings is 3. The SMILES string of the molecule is CC[C@H](C)CNCc1ccc(OCc2cccc(COc3ccc(CNC[C@@H](C)CC)cc3I)c2)c(I)c1. The van der Waals surface area contributed by atoms with Crippen LogP contribution in [-0.2, 0) is 26.3 Å². The Labute approximate surface area is 257 Å². The third-order valence-electron chi connectivity index (χ3n) is 6.81. The van der Waals surface area contributed by atoms with Crippen LogP contribution >= 0.6 is 45.2 Å². The molecule has 0 amide bonds. The van der Waals surface area contributed by atoms with E-state index in [0.29, 0.717) is 25.0 Å². The van der Waals surface area contributed by atoms with Crippen LogP contribution in [0.5, 0.6) is 11.5 Å². The van der Waals surface area contributed by atoms with E-state index in [0.717, 1.165) is 55.9 Å². The van der Waals surface area contributed by atoms with E-state index < -0.39 is 0 Å². The Hall–Kier alpha value is -1.36. The van der Waals surface area contributed by atoms with Crippen molar-refractivity contribution >= 4 is 45.2 Å². The van der Waals surface area contributed by atoms with Gasteiger partial charge in [-0.1, -0.05) is 70.9 Å². The van der Waals surface area contributed by atoms with E-state index >= 15 is 0 Å². The first-order chi connectivity index (χ1) is 18.4. The summed E-state index contributed by atoms with van der Waals surface area (Å²) >= 11 is 4.73. The zero-order valence-electron chi connectivity index (χ0n) is 23.2. The molecule has 0 aliphatic carbocycles. The van der Waals surface area contributed by atoms with Crippen LogP contribution in [0, 0.1) is 19.0 Å². The van der Waals surface area contributed by atoms with Gasteiger partial charge in [-0.2, -0.15) is 0 Å². The van der Waals surface area contributed by atoms with Gasteiger partial charge in [0.15, 0.2) is 0 Å². The van der Waals surface area contributed by atoms with Crippen molar-refractivity contribution in [2.75, 3.05) is 13.1 Å². The van der Waals surface area contributed by atoms with Crippen molar-refractivity contribution in [2.24, 2.45) is 11.8 Å². The zero-order valence-corrected chi connectivity index (χ0v) is 27.5. The van der Waals surface area contributed by atoms with Crippen molar-refractivity contribution in [3.05, 3.63) is 90.1 Å². The van der Waals surface area contributed by atoms with E-state index in [4.69, 9.17) is 9.47 Å². The highest BCUT2D eigenvalue weighted by Crippen LogP contribution is 2.25. The highest BCUT2D eigenvalue weighted by molar-refractivity contribution is 14.1. The van der Waals surface area contributed by atoms with Gasteiger partial charge in [0, 0.05) is 13.1 Å². The Morgan fingerprint density at radius 2 is 1.08 bits per heavy atom. The zero-order chi connectivity index (χ0) is 27.3. The summed E-state index contributed by atoms with van der Waals surface area (Å²) in [6.07, 6.45) is 2.40. The first-order valence-corrected chi connectivity index (χ1v) is 15.8. The first-order valence-electron chi connectivity index (χ1n) is 13.7. The van der Waals surface area contributed by atoms with Crippen LogP contribution in [0.4, 0.5) is 0 Å². The molecular weight excluding hydrogens is 698 g/mol. The molecule has 4 nitrogen and oxygen atoms in total. The molecule has 6 heteroatoms. The summed E-state index contributed by atoms with van der Waals surface area (Å²) < 4.78 is 14.6. The fourth-order valence-corrected chi connectivity index (χ4v) is 5.36. The lowest BCUT2D eigenvalue weighted by Crippen LogP contribution is -2.20. The van der Waals surface area contributed by atoms with E-state index in [2.05, 4.69) is 144 Å². The van der Waals surface area contributed by atoms with Gasteiger partial charge >= 0.3 is 0 Å². The van der Waals surface area contributed by atoms with Gasteiger partial charge in [-0.05, 0) is 123 Å². The van der Waals surface area contributed by atoms with Gasteiger partial charge in [0.2, 0.25) is 0 Å². The molecule has 2 N–H and O–H groups in total. The van der Waals surface area contributed by atoms with Gasteiger partial charge < -0.3 is 20.1 Å². The van der Waals surface area contributed by atoms with Gasteiger partial charge in [0.05, 0.1) is 7.14 Å². The molecule has 0 aliphatic heterocycles. The predicted molar refractivity (Wildman–Crippen MR) is 176 cm³/mol. The lowest BCUT2D eigenvalue weighted by Gasteiger charge is -2.13. The molecule has 3 aromatic carbocycles. The summed E-state index contributed by atoms with van der Waals surface area (Å²) in [7, 11) is 0. The van der Waals surface area contributed by atoms with Crippen molar-refractivity contribution in [3.63, 3.8) is 0 Å². The van der Waals surface area contributed by atoms with E-state index in [1.54, 1.807) is 0 Å². The lowest BCUT2D eigenvalue weighted by atomic mass is 10.1. The fraction of sp³-hybridized carbons (Fsp3) is 0.438. The molecule has 3 aromatic rings. The minimum Gasteiger partial charge on any atom is -0.488 e. The Kier molecular flexibility index (Phi) is 13.7. The van der Waals surface area contributed by atoms with Crippen LogP contribution in [0.25, 0.3) is 0 Å². The summed E-state index contributed by atoms with van der Waals surface area (Å²) in [5, 5.41) is 7.09. The summed E-state index contributed by atoms with van der Waals surface area (Å²) in [4.78, 5) is 0. The Morgan fingerprint density at radius 1 is 0.632 bits per heavy atom. The summed E-state index contributed by atoms with van der Waals surface area (Å²) in [5.74, 6) is 3.25. The number of nitrogens with one attached hydrogen (secondary N) is 2. The second-order valence-electron chi connectivity index (χ2n) is 10.2. The molecule has 0 unspecified atom stereocenters. The Balaban J connectivity index is 1.48. The van der Waals surface area contributed by atoms with Gasteiger partial charge in [0.25, 0.3) is 0 Å². The number of rotatable bonds is 16. The minimum absolute atomic E-state index is 0.533. The molecule has 38 heavy (non-hydrogen) atoms. The second-order valence-corrected chi connectivity index (χ2v) is 12.5. The van der Waals surface area contributed by atoms with Crippen LogP contribution in [0.15, 0.2) is 60.7 Å². The molecule has 0 spiro atoms. The summed E-state index contributed by atoms with van der Waals surface area (Å²) in [5.41, 5.74) is 4.85. The van der Waals surface area contributed by atoms with Gasteiger partial charge in [-0.3, -0.25) is 0 Å². The van der Waals surface area contributed by atoms with Crippen molar-refractivity contribution in [1.82, 2.24) is 10.6 Å². The third-order valence-corrected chi connectivity index (χ3v) is 8.50. The van der Waals surface area contributed by atoms with Gasteiger partial charge in [-0.15, -0.1) is 0 Å². The van der Waals surface area contributed by atoms with Crippen LogP contribution < -0.4 is 20.1 Å². The molecular formula is C32H42I2N2O2. The largest absolute Gasteiger partial charge is 0.488 e. The van der Waals surface area contributed by atoms with Gasteiger partial charge in [0.1, 0.15) is 24.7 Å². The van der Waals surface area contributed by atoms with Gasteiger partial charge in [-0.25, -0.2) is 0 Å². The molecule has 0 saturated carbocycles. The molecule has 0 aromatic heterocycles. The van der Waals surface area contributed by atoms with E-state index in [1.807, 2.05) is 0 Å². The highest BCUT2D eigenvalue weighted by Gasteiger charge is 2.07. The maximum atomic E-state index is 6.17. The lowest BCUT2D eigenvalue weighted by molar-refractivity contribution is 0.297. The number of hydrogen-bond donors (Lipinski definition) is 2. The Morgan fingerprint density at radius 3 is 1.47 bits per heavy atom. The normalized spacial score (nSPS) is 12.8. The first kappa shape index (κ1) is 31.2. The average molecular weight is 741 g/mol. The maximum Gasteiger partial charge on any atom is 0.133 e. The molecule has 206 valence electrons. The van der Waals surface area contributed by atoms with Crippen molar-refractivity contribution in [2.45, 2.75) is 66.8 Å². The molecule has 0 aliphatic rings. The third kappa shape index (κ3) is 10.7.